The third-order valence-electron chi connectivity index (χ3n) is 2.98. The Morgan fingerprint density at radius 2 is 2.14 bits per heavy atom. The minimum Gasteiger partial charge on any atom is -0.481 e. The van der Waals surface area contributed by atoms with Crippen molar-refractivity contribution < 1.29 is 14.7 Å². The number of carboxylic acid groups (broad SMARTS) is 1. The standard InChI is InChI=1S/C13H15N3O4S/c1-6-8-10(19)14-5-15-12(8)21-9(6)11(20)16-13(2,3)4-7(17)18/h5H,4H2,1-3H3,(H,16,20)(H,17,18)(H,14,15,19). The van der Waals surface area contributed by atoms with Gasteiger partial charge in [-0.3, -0.25) is 14.4 Å². The summed E-state index contributed by atoms with van der Waals surface area (Å²) in [6.07, 6.45) is 1.10. The van der Waals surface area contributed by atoms with E-state index in [0.717, 1.165) is 11.3 Å². The lowest BCUT2D eigenvalue weighted by Crippen LogP contribution is -2.44. The van der Waals surface area contributed by atoms with Crippen molar-refractivity contribution in [3.05, 3.63) is 27.1 Å². The third kappa shape index (κ3) is 3.10. The van der Waals surface area contributed by atoms with Gasteiger partial charge < -0.3 is 15.4 Å². The van der Waals surface area contributed by atoms with Crippen LogP contribution in [-0.4, -0.2) is 32.5 Å². The third-order valence-corrected chi connectivity index (χ3v) is 4.18. The van der Waals surface area contributed by atoms with Gasteiger partial charge in [0.15, 0.2) is 0 Å². The molecule has 8 heteroatoms. The number of thiophene rings is 1. The molecule has 0 aliphatic rings. The average molecular weight is 309 g/mol. The minimum absolute atomic E-state index is 0.193. The number of H-pyrrole nitrogens is 1. The molecule has 1 amide bonds. The first kappa shape index (κ1) is 15.2. The second kappa shape index (κ2) is 5.28. The number of amides is 1. The van der Waals surface area contributed by atoms with E-state index in [2.05, 4.69) is 15.3 Å². The molecule has 0 saturated heterocycles. The highest BCUT2D eigenvalue weighted by atomic mass is 32.1. The van der Waals surface area contributed by atoms with Gasteiger partial charge >= 0.3 is 5.97 Å². The van der Waals surface area contributed by atoms with Gasteiger partial charge in [-0.25, -0.2) is 4.98 Å². The molecule has 0 aromatic carbocycles. The Bertz CT molecular complexity index is 775. The van der Waals surface area contributed by atoms with Crippen molar-refractivity contribution in [3.63, 3.8) is 0 Å². The number of carbonyl (C=O) groups is 2. The van der Waals surface area contributed by atoms with Crippen LogP contribution in [0.1, 0.15) is 35.5 Å². The van der Waals surface area contributed by atoms with Gasteiger partial charge in [0, 0.05) is 5.54 Å². The summed E-state index contributed by atoms with van der Waals surface area (Å²) in [4.78, 5) is 42.2. The molecule has 0 aliphatic heterocycles. The first-order valence-electron chi connectivity index (χ1n) is 6.22. The summed E-state index contributed by atoms with van der Waals surface area (Å²) in [6, 6.07) is 0. The van der Waals surface area contributed by atoms with Crippen molar-refractivity contribution in [2.45, 2.75) is 32.7 Å². The number of aromatic nitrogens is 2. The molecule has 2 aromatic heterocycles. The van der Waals surface area contributed by atoms with Gasteiger partial charge in [-0.1, -0.05) is 0 Å². The molecule has 112 valence electrons. The smallest absolute Gasteiger partial charge is 0.305 e. The maximum absolute atomic E-state index is 12.3. The van der Waals surface area contributed by atoms with Crippen LogP contribution >= 0.6 is 11.3 Å². The maximum Gasteiger partial charge on any atom is 0.305 e. The number of carboxylic acids is 1. The fraction of sp³-hybridized carbons (Fsp3) is 0.385. The Labute approximate surface area is 124 Å². The van der Waals surface area contributed by atoms with Gasteiger partial charge in [0.25, 0.3) is 11.5 Å². The van der Waals surface area contributed by atoms with E-state index < -0.39 is 17.4 Å². The van der Waals surface area contributed by atoms with E-state index in [1.165, 1.54) is 6.33 Å². The average Bonchev–Trinajstić information content (AvgIpc) is 2.65. The minimum atomic E-state index is -0.994. The Hall–Kier alpha value is -2.22. The Morgan fingerprint density at radius 1 is 1.48 bits per heavy atom. The number of rotatable bonds is 4. The lowest BCUT2D eigenvalue weighted by atomic mass is 10.0. The van der Waals surface area contributed by atoms with E-state index in [-0.39, 0.29) is 12.0 Å². The summed E-state index contributed by atoms with van der Waals surface area (Å²) in [5.41, 5.74) is -0.628. The topological polar surface area (TPSA) is 112 Å². The molecule has 21 heavy (non-hydrogen) atoms. The fourth-order valence-corrected chi connectivity index (χ4v) is 3.13. The summed E-state index contributed by atoms with van der Waals surface area (Å²) < 4.78 is 0. The largest absolute Gasteiger partial charge is 0.481 e. The molecule has 0 bridgehead atoms. The summed E-state index contributed by atoms with van der Waals surface area (Å²) >= 11 is 1.12. The lowest BCUT2D eigenvalue weighted by molar-refractivity contribution is -0.138. The zero-order chi connectivity index (χ0) is 15.8. The maximum atomic E-state index is 12.3. The van der Waals surface area contributed by atoms with E-state index in [0.29, 0.717) is 20.7 Å². The molecule has 0 spiro atoms. The van der Waals surface area contributed by atoms with E-state index in [4.69, 9.17) is 5.11 Å². The Balaban J connectivity index is 2.37. The zero-order valence-corrected chi connectivity index (χ0v) is 12.6. The summed E-state index contributed by atoms with van der Waals surface area (Å²) in [5, 5.41) is 11.9. The van der Waals surface area contributed by atoms with Crippen molar-refractivity contribution >= 4 is 33.4 Å². The normalized spacial score (nSPS) is 11.6. The van der Waals surface area contributed by atoms with E-state index in [1.54, 1.807) is 20.8 Å². The van der Waals surface area contributed by atoms with Crippen LogP contribution in [-0.2, 0) is 4.79 Å². The van der Waals surface area contributed by atoms with Crippen LogP contribution in [0.4, 0.5) is 0 Å². The summed E-state index contributed by atoms with van der Waals surface area (Å²) in [7, 11) is 0. The Morgan fingerprint density at radius 3 is 2.71 bits per heavy atom. The molecule has 2 heterocycles. The van der Waals surface area contributed by atoms with Gasteiger partial charge in [0.2, 0.25) is 0 Å². The predicted octanol–water partition coefficient (Wildman–Crippen LogP) is 1.28. The number of aryl methyl sites for hydroxylation is 1. The number of hydrogen-bond donors (Lipinski definition) is 3. The van der Waals surface area contributed by atoms with Crippen LogP contribution in [0, 0.1) is 6.92 Å². The quantitative estimate of drug-likeness (QED) is 0.787. The fourth-order valence-electron chi connectivity index (χ4n) is 2.08. The molecule has 2 rings (SSSR count). The van der Waals surface area contributed by atoms with Crippen molar-refractivity contribution in [1.82, 2.24) is 15.3 Å². The van der Waals surface area contributed by atoms with E-state index in [1.807, 2.05) is 0 Å². The molecule has 0 atom stereocenters. The van der Waals surface area contributed by atoms with Gasteiger partial charge in [0.05, 0.1) is 23.0 Å². The molecule has 2 aromatic rings. The van der Waals surface area contributed by atoms with Crippen molar-refractivity contribution in [3.8, 4) is 0 Å². The molecule has 7 nitrogen and oxygen atoms in total. The van der Waals surface area contributed by atoms with Crippen molar-refractivity contribution in [2.75, 3.05) is 0 Å². The second-order valence-corrected chi connectivity index (χ2v) is 6.38. The monoisotopic (exact) mass is 309 g/mol. The summed E-state index contributed by atoms with van der Waals surface area (Å²) in [5.74, 6) is -1.40. The van der Waals surface area contributed by atoms with Crippen LogP contribution in [0.2, 0.25) is 0 Å². The second-order valence-electron chi connectivity index (χ2n) is 5.38. The van der Waals surface area contributed by atoms with Crippen molar-refractivity contribution in [2.24, 2.45) is 0 Å². The number of aliphatic carboxylic acids is 1. The molecular formula is C13H15N3O4S. The van der Waals surface area contributed by atoms with Crippen LogP contribution < -0.4 is 10.9 Å². The highest BCUT2D eigenvalue weighted by molar-refractivity contribution is 7.20. The number of nitrogens with zero attached hydrogens (tertiary/aromatic N) is 1. The van der Waals surface area contributed by atoms with Gasteiger partial charge in [0.1, 0.15) is 4.83 Å². The molecular weight excluding hydrogens is 294 g/mol. The number of carbonyl (C=O) groups excluding carboxylic acids is 1. The predicted molar refractivity (Wildman–Crippen MR) is 78.8 cm³/mol. The van der Waals surface area contributed by atoms with Crippen molar-refractivity contribution in [1.29, 1.82) is 0 Å². The lowest BCUT2D eigenvalue weighted by Gasteiger charge is -2.24. The first-order valence-corrected chi connectivity index (χ1v) is 7.04. The van der Waals surface area contributed by atoms with E-state index >= 15 is 0 Å². The van der Waals surface area contributed by atoms with E-state index in [9.17, 15) is 14.4 Å². The van der Waals surface area contributed by atoms with Crippen LogP contribution in [0.5, 0.6) is 0 Å². The van der Waals surface area contributed by atoms with Crippen LogP contribution in [0.3, 0.4) is 0 Å². The SMILES string of the molecule is Cc1c(C(=O)NC(C)(C)CC(=O)O)sc2nc[nH]c(=O)c12. The Kier molecular flexibility index (Phi) is 3.82. The number of hydrogen-bond acceptors (Lipinski definition) is 5. The molecule has 3 N–H and O–H groups in total. The molecule has 0 unspecified atom stereocenters. The molecule has 0 radical (unpaired) electrons. The van der Waals surface area contributed by atoms with Crippen LogP contribution in [0.25, 0.3) is 10.2 Å². The summed E-state index contributed by atoms with van der Waals surface area (Å²) in [6.45, 7) is 4.94. The first-order chi connectivity index (χ1) is 9.71. The zero-order valence-electron chi connectivity index (χ0n) is 11.8. The molecule has 0 saturated carbocycles. The highest BCUT2D eigenvalue weighted by Crippen LogP contribution is 2.27. The number of fused-ring (bicyclic) bond motifs is 1. The van der Waals surface area contributed by atoms with Gasteiger partial charge in [-0.05, 0) is 26.3 Å². The molecule has 0 fully saturated rings. The van der Waals surface area contributed by atoms with Gasteiger partial charge in [-0.2, -0.15) is 0 Å². The van der Waals surface area contributed by atoms with Gasteiger partial charge in [-0.15, -0.1) is 11.3 Å². The molecule has 0 aliphatic carbocycles. The van der Waals surface area contributed by atoms with Crippen LogP contribution in [0.15, 0.2) is 11.1 Å². The number of aromatic amines is 1. The number of nitrogens with one attached hydrogen (secondary N) is 2. The highest BCUT2D eigenvalue weighted by Gasteiger charge is 2.27.